The van der Waals surface area contributed by atoms with E-state index in [0.717, 1.165) is 0 Å². The molecule has 0 aliphatic heterocycles. The normalized spacial score (nSPS) is 10.6. The molecule has 162 valence electrons. The summed E-state index contributed by atoms with van der Waals surface area (Å²) in [5.74, 6) is -0.292. The lowest BCUT2D eigenvalue weighted by Gasteiger charge is -2.12. The number of hydrazine groups is 1. The van der Waals surface area contributed by atoms with E-state index in [9.17, 15) is 14.0 Å². The second-order valence-corrected chi connectivity index (χ2v) is 7.31. The summed E-state index contributed by atoms with van der Waals surface area (Å²) in [4.78, 5) is 27.1. The first-order valence-corrected chi connectivity index (χ1v) is 9.95. The zero-order chi connectivity index (χ0) is 22.5. The van der Waals surface area contributed by atoms with Crippen LogP contribution in [0, 0.1) is 12.7 Å². The third kappa shape index (κ3) is 5.50. The Morgan fingerprint density at radius 1 is 1.16 bits per heavy atom. The van der Waals surface area contributed by atoms with Crippen molar-refractivity contribution >= 4 is 35.1 Å². The highest BCUT2D eigenvalue weighted by Crippen LogP contribution is 2.39. The van der Waals surface area contributed by atoms with Gasteiger partial charge >= 0.3 is 6.03 Å². The van der Waals surface area contributed by atoms with Gasteiger partial charge in [-0.1, -0.05) is 47.4 Å². The Bertz CT molecular complexity index is 1140. The summed E-state index contributed by atoms with van der Waals surface area (Å²) in [7, 11) is 0. The number of aryl methyl sites for hydroxylation is 1. The van der Waals surface area contributed by atoms with Crippen LogP contribution in [-0.2, 0) is 11.3 Å². The first kappa shape index (κ1) is 22.5. The topological polar surface area (TPSA) is 109 Å². The van der Waals surface area contributed by atoms with Crippen molar-refractivity contribution < 1.29 is 18.5 Å². The lowest BCUT2D eigenvalue weighted by atomic mass is 9.97. The van der Waals surface area contributed by atoms with E-state index in [1.807, 2.05) is 0 Å². The number of carbonyl (C=O) groups excluding carboxylic acids is 2. The van der Waals surface area contributed by atoms with Gasteiger partial charge in [-0.15, -0.1) is 0 Å². The van der Waals surface area contributed by atoms with Crippen LogP contribution in [0.3, 0.4) is 0 Å². The number of rotatable bonds is 5. The fourth-order valence-corrected chi connectivity index (χ4v) is 3.30. The first-order chi connectivity index (χ1) is 14.8. The summed E-state index contributed by atoms with van der Waals surface area (Å²) in [6.07, 6.45) is 0.218. The molecule has 0 unspecified atom stereocenters. The lowest BCUT2D eigenvalue weighted by molar-refractivity contribution is -0.121. The summed E-state index contributed by atoms with van der Waals surface area (Å²) in [5, 5.41) is 7.01. The number of halogens is 3. The van der Waals surface area contributed by atoms with E-state index in [-0.39, 0.29) is 30.3 Å². The predicted molar refractivity (Wildman–Crippen MR) is 114 cm³/mol. The Labute approximate surface area is 187 Å². The molecule has 0 spiro atoms. The maximum atomic E-state index is 14.7. The van der Waals surface area contributed by atoms with Crippen molar-refractivity contribution in [2.75, 3.05) is 0 Å². The van der Waals surface area contributed by atoms with E-state index < -0.39 is 11.8 Å². The molecule has 0 saturated carbocycles. The third-order valence-electron chi connectivity index (χ3n) is 4.25. The van der Waals surface area contributed by atoms with E-state index in [2.05, 4.69) is 26.3 Å². The van der Waals surface area contributed by atoms with E-state index in [1.54, 1.807) is 26.0 Å². The minimum Gasteiger partial charge on any atom is -0.339 e. The molecular weight excluding hydrogens is 448 g/mol. The number of hydrogen-bond donors (Lipinski definition) is 3. The molecule has 0 aliphatic rings. The van der Waals surface area contributed by atoms with Gasteiger partial charge in [-0.2, -0.15) is 4.98 Å². The molecule has 8 nitrogen and oxygen atoms in total. The van der Waals surface area contributed by atoms with E-state index >= 15 is 0 Å². The Hall–Kier alpha value is -3.17. The highest BCUT2D eigenvalue weighted by molar-refractivity contribution is 6.37. The number of aromatic nitrogens is 2. The standard InChI is InChI=1S/C20H18Cl2FN5O3/c1-3-17(29)26-27-20(30)24-9-12-5-4-11(6-16(12)23)14-7-13(21)8-15(22)18(14)19-25-10(2)31-28-19/h4-8H,3,9H2,1-2H3,(H,26,29)(H2,24,27,30). The molecule has 1 heterocycles. The Morgan fingerprint density at radius 3 is 2.58 bits per heavy atom. The lowest BCUT2D eigenvalue weighted by Crippen LogP contribution is -2.46. The molecule has 3 aromatic rings. The van der Waals surface area contributed by atoms with Crippen LogP contribution in [0.15, 0.2) is 34.9 Å². The summed E-state index contributed by atoms with van der Waals surface area (Å²) >= 11 is 12.5. The largest absolute Gasteiger partial charge is 0.339 e. The summed E-state index contributed by atoms with van der Waals surface area (Å²) in [5.41, 5.74) is 6.10. The molecule has 3 N–H and O–H groups in total. The minimum atomic E-state index is -0.665. The summed E-state index contributed by atoms with van der Waals surface area (Å²) in [6, 6.07) is 6.99. The van der Waals surface area contributed by atoms with Crippen LogP contribution in [0.1, 0.15) is 24.8 Å². The van der Waals surface area contributed by atoms with Crippen molar-refractivity contribution in [3.8, 4) is 22.5 Å². The SMILES string of the molecule is CCC(=O)NNC(=O)NCc1ccc(-c2cc(Cl)cc(Cl)c2-c2noc(C)n2)cc1F. The summed E-state index contributed by atoms with van der Waals surface area (Å²) in [6.45, 7) is 3.20. The second-order valence-electron chi connectivity index (χ2n) is 6.46. The molecule has 1 aromatic heterocycles. The Balaban J connectivity index is 1.83. The fourth-order valence-electron chi connectivity index (χ4n) is 2.72. The van der Waals surface area contributed by atoms with Gasteiger partial charge in [0, 0.05) is 36.0 Å². The van der Waals surface area contributed by atoms with Crippen molar-refractivity contribution in [3.63, 3.8) is 0 Å². The molecule has 0 bridgehead atoms. The van der Waals surface area contributed by atoms with Gasteiger partial charge in [0.15, 0.2) is 0 Å². The molecule has 2 aromatic carbocycles. The summed E-state index contributed by atoms with van der Waals surface area (Å²) < 4.78 is 19.8. The van der Waals surface area contributed by atoms with Crippen LogP contribution < -0.4 is 16.2 Å². The van der Waals surface area contributed by atoms with Crippen LogP contribution >= 0.6 is 23.2 Å². The number of amides is 3. The molecular formula is C20H18Cl2FN5O3. The molecule has 0 aliphatic carbocycles. The number of nitrogens with one attached hydrogen (secondary N) is 3. The van der Waals surface area contributed by atoms with Crippen LogP contribution in [0.2, 0.25) is 10.0 Å². The number of hydrogen-bond acceptors (Lipinski definition) is 5. The van der Waals surface area contributed by atoms with Gasteiger partial charge in [0.1, 0.15) is 5.82 Å². The number of benzene rings is 2. The average molecular weight is 466 g/mol. The third-order valence-corrected chi connectivity index (χ3v) is 4.76. The zero-order valence-corrected chi connectivity index (χ0v) is 18.1. The highest BCUT2D eigenvalue weighted by atomic mass is 35.5. The van der Waals surface area contributed by atoms with Crippen LogP contribution in [0.4, 0.5) is 9.18 Å². The van der Waals surface area contributed by atoms with Crippen molar-refractivity contribution in [2.24, 2.45) is 0 Å². The van der Waals surface area contributed by atoms with Crippen molar-refractivity contribution in [3.05, 3.63) is 57.6 Å². The quantitative estimate of drug-likeness (QED) is 0.483. The minimum absolute atomic E-state index is 0.0901. The van der Waals surface area contributed by atoms with Gasteiger partial charge in [-0.25, -0.2) is 14.6 Å². The van der Waals surface area contributed by atoms with Gasteiger partial charge < -0.3 is 9.84 Å². The number of urea groups is 1. The number of nitrogens with zero attached hydrogens (tertiary/aromatic N) is 2. The molecule has 0 saturated heterocycles. The average Bonchev–Trinajstić information content (AvgIpc) is 3.16. The molecule has 0 fully saturated rings. The van der Waals surface area contributed by atoms with Crippen LogP contribution in [0.5, 0.6) is 0 Å². The van der Waals surface area contributed by atoms with Crippen molar-refractivity contribution in [1.29, 1.82) is 0 Å². The Morgan fingerprint density at radius 2 is 1.94 bits per heavy atom. The number of carbonyl (C=O) groups is 2. The molecule has 3 amide bonds. The van der Waals surface area contributed by atoms with Gasteiger partial charge in [-0.05, 0) is 29.3 Å². The molecule has 0 radical (unpaired) electrons. The first-order valence-electron chi connectivity index (χ1n) is 9.19. The fraction of sp³-hybridized carbons (Fsp3) is 0.200. The van der Waals surface area contributed by atoms with Crippen molar-refractivity contribution in [1.82, 2.24) is 26.3 Å². The molecule has 11 heteroatoms. The highest BCUT2D eigenvalue weighted by Gasteiger charge is 2.19. The van der Waals surface area contributed by atoms with Crippen molar-refractivity contribution in [2.45, 2.75) is 26.8 Å². The second kappa shape index (κ2) is 9.76. The van der Waals surface area contributed by atoms with E-state index in [1.165, 1.54) is 18.2 Å². The van der Waals surface area contributed by atoms with Crippen LogP contribution in [0.25, 0.3) is 22.5 Å². The molecule has 3 rings (SSSR count). The van der Waals surface area contributed by atoms with Gasteiger partial charge in [-0.3, -0.25) is 10.2 Å². The zero-order valence-electron chi connectivity index (χ0n) is 16.6. The molecule has 31 heavy (non-hydrogen) atoms. The van der Waals surface area contributed by atoms with E-state index in [0.29, 0.717) is 32.6 Å². The van der Waals surface area contributed by atoms with E-state index in [4.69, 9.17) is 27.7 Å². The van der Waals surface area contributed by atoms with Crippen LogP contribution in [-0.4, -0.2) is 22.1 Å². The smallest absolute Gasteiger partial charge is 0.333 e. The maximum absolute atomic E-state index is 14.7. The predicted octanol–water partition coefficient (Wildman–Crippen LogP) is 4.40. The van der Waals surface area contributed by atoms with Gasteiger partial charge in [0.2, 0.25) is 17.6 Å². The van der Waals surface area contributed by atoms with Gasteiger partial charge in [0.25, 0.3) is 0 Å². The maximum Gasteiger partial charge on any atom is 0.333 e. The van der Waals surface area contributed by atoms with Gasteiger partial charge in [0.05, 0.1) is 5.02 Å². The Kier molecular flexibility index (Phi) is 7.09. The monoisotopic (exact) mass is 465 g/mol. The molecule has 0 atom stereocenters.